The van der Waals surface area contributed by atoms with E-state index in [2.05, 4.69) is 50.1 Å². The maximum absolute atomic E-state index is 5.94. The lowest BCUT2D eigenvalue weighted by molar-refractivity contribution is 0.0682. The van der Waals surface area contributed by atoms with E-state index in [-0.39, 0.29) is 6.23 Å². The van der Waals surface area contributed by atoms with Crippen LogP contribution in [0.5, 0.6) is 0 Å². The van der Waals surface area contributed by atoms with Crippen LogP contribution in [-0.2, 0) is 4.74 Å². The van der Waals surface area contributed by atoms with Crippen molar-refractivity contribution in [2.24, 2.45) is 11.8 Å². The highest BCUT2D eigenvalue weighted by Gasteiger charge is 2.12. The molecule has 1 aromatic rings. The van der Waals surface area contributed by atoms with E-state index in [1.807, 2.05) is 18.6 Å². The second-order valence-electron chi connectivity index (χ2n) is 10.8. The van der Waals surface area contributed by atoms with Gasteiger partial charge >= 0.3 is 0 Å². The molecule has 3 atom stereocenters. The maximum Gasteiger partial charge on any atom is 0.146 e. The van der Waals surface area contributed by atoms with Crippen molar-refractivity contribution in [3.8, 4) is 0 Å². The fraction of sp³-hybridized carbons (Fsp3) is 0.742. The van der Waals surface area contributed by atoms with Gasteiger partial charge in [0.15, 0.2) is 0 Å². The summed E-state index contributed by atoms with van der Waals surface area (Å²) in [6, 6.07) is 1.22. The molecular weight excluding hydrogens is 458 g/mol. The summed E-state index contributed by atoms with van der Waals surface area (Å²) in [5, 5.41) is 4.48. The summed E-state index contributed by atoms with van der Waals surface area (Å²) in [5.41, 5.74) is 2.02. The number of nitrogens with zero attached hydrogens (tertiary/aromatic N) is 2. The Morgan fingerprint density at radius 1 is 0.861 bits per heavy atom. The molecular formula is C31H53N3OSi. The van der Waals surface area contributed by atoms with Crippen molar-refractivity contribution < 1.29 is 4.74 Å². The first kappa shape index (κ1) is 30.8. The van der Waals surface area contributed by atoms with Crippen LogP contribution in [0.15, 0.2) is 30.7 Å². The minimum absolute atomic E-state index is 0.0388. The third kappa shape index (κ3) is 13.7. The Kier molecular flexibility index (Phi) is 16.8. The third-order valence-corrected chi connectivity index (χ3v) is 8.66. The number of unbranched alkanes of at least 4 members (excludes halogenated alkanes) is 8. The number of dihydropyridines is 1. The summed E-state index contributed by atoms with van der Waals surface area (Å²) in [6.45, 7) is 10.2. The molecule has 0 spiro atoms. The molecule has 0 saturated heterocycles. The zero-order valence-corrected chi connectivity index (χ0v) is 24.7. The minimum atomic E-state index is -0.0388. The van der Waals surface area contributed by atoms with Crippen molar-refractivity contribution >= 4 is 20.4 Å². The molecule has 2 rings (SSSR count). The number of rotatable bonds is 21. The fourth-order valence-electron chi connectivity index (χ4n) is 4.67. The molecule has 5 heteroatoms. The molecule has 0 saturated carbocycles. The summed E-state index contributed by atoms with van der Waals surface area (Å²) >= 11 is 0. The number of aromatic nitrogens is 2. The van der Waals surface area contributed by atoms with Crippen LogP contribution in [0, 0.1) is 11.8 Å². The van der Waals surface area contributed by atoms with E-state index < -0.39 is 0 Å². The van der Waals surface area contributed by atoms with E-state index in [9.17, 15) is 0 Å². The Labute approximate surface area is 225 Å². The fourth-order valence-corrected chi connectivity index (χ4v) is 5.79. The smallest absolute Gasteiger partial charge is 0.146 e. The van der Waals surface area contributed by atoms with Crippen LogP contribution in [0.2, 0.25) is 6.04 Å². The Morgan fingerprint density at radius 3 is 2.25 bits per heavy atom. The van der Waals surface area contributed by atoms with Gasteiger partial charge in [-0.25, -0.2) is 0 Å². The largest absolute Gasteiger partial charge is 0.362 e. The van der Waals surface area contributed by atoms with E-state index in [0.29, 0.717) is 0 Å². The first-order chi connectivity index (χ1) is 17.6. The van der Waals surface area contributed by atoms with Gasteiger partial charge in [-0.05, 0) is 24.3 Å². The zero-order valence-electron chi connectivity index (χ0n) is 23.7. The molecule has 1 aliphatic heterocycles. The molecule has 1 aliphatic rings. The molecule has 0 amide bonds. The van der Waals surface area contributed by atoms with Crippen molar-refractivity contribution in [2.45, 2.75) is 130 Å². The van der Waals surface area contributed by atoms with E-state index in [1.165, 1.54) is 89.5 Å². The molecule has 3 unspecified atom stereocenters. The summed E-state index contributed by atoms with van der Waals surface area (Å²) in [7, 11) is 0.727. The first-order valence-electron chi connectivity index (χ1n) is 14.9. The SMILES string of the molecule is CCCCCCCOC1C=CC(c2cncc([Si]CC(C)CCCCCC(C)CCCCC)n2)=CN1. The molecule has 0 bridgehead atoms. The van der Waals surface area contributed by atoms with E-state index in [4.69, 9.17) is 9.72 Å². The lowest BCUT2D eigenvalue weighted by Crippen LogP contribution is -2.28. The van der Waals surface area contributed by atoms with E-state index in [0.717, 1.165) is 51.0 Å². The lowest BCUT2D eigenvalue weighted by atomic mass is 9.96. The van der Waals surface area contributed by atoms with Crippen LogP contribution in [0.25, 0.3) is 5.57 Å². The lowest BCUT2D eigenvalue weighted by Gasteiger charge is -2.19. The highest BCUT2D eigenvalue weighted by molar-refractivity contribution is 6.52. The van der Waals surface area contributed by atoms with Gasteiger partial charge in [0.05, 0.1) is 11.9 Å². The Hall–Kier alpha value is -1.46. The molecule has 36 heavy (non-hydrogen) atoms. The van der Waals surface area contributed by atoms with Crippen molar-refractivity contribution in [1.82, 2.24) is 15.3 Å². The first-order valence-corrected chi connectivity index (χ1v) is 16.1. The number of hydrogen-bond donors (Lipinski definition) is 1. The average molecular weight is 512 g/mol. The molecule has 202 valence electrons. The highest BCUT2D eigenvalue weighted by Crippen LogP contribution is 2.19. The van der Waals surface area contributed by atoms with Crippen LogP contribution in [0.4, 0.5) is 0 Å². The molecule has 0 fully saturated rings. The van der Waals surface area contributed by atoms with Crippen LogP contribution < -0.4 is 10.6 Å². The number of nitrogens with one attached hydrogen (secondary N) is 1. The topological polar surface area (TPSA) is 47.0 Å². The highest BCUT2D eigenvalue weighted by atomic mass is 28.2. The average Bonchev–Trinajstić information content (AvgIpc) is 2.90. The van der Waals surface area contributed by atoms with Crippen LogP contribution >= 0.6 is 0 Å². The second kappa shape index (κ2) is 19.6. The predicted molar refractivity (Wildman–Crippen MR) is 157 cm³/mol. The van der Waals surface area contributed by atoms with Crippen LogP contribution in [0.3, 0.4) is 0 Å². The third-order valence-electron chi connectivity index (χ3n) is 7.16. The summed E-state index contributed by atoms with van der Waals surface area (Å²) < 4.78 is 5.94. The van der Waals surface area contributed by atoms with E-state index in [1.54, 1.807) is 0 Å². The van der Waals surface area contributed by atoms with Crippen molar-refractivity contribution in [1.29, 1.82) is 0 Å². The van der Waals surface area contributed by atoms with Gasteiger partial charge in [-0.3, -0.25) is 9.97 Å². The molecule has 0 aromatic carbocycles. The van der Waals surface area contributed by atoms with Gasteiger partial charge in [-0.15, -0.1) is 0 Å². The maximum atomic E-state index is 5.94. The van der Waals surface area contributed by atoms with Crippen LogP contribution in [0.1, 0.15) is 123 Å². The number of hydrogen-bond acceptors (Lipinski definition) is 4. The van der Waals surface area contributed by atoms with E-state index >= 15 is 0 Å². The molecule has 2 radical (unpaired) electrons. The van der Waals surface area contributed by atoms with Gasteiger partial charge in [0.1, 0.15) is 15.7 Å². The van der Waals surface area contributed by atoms with Crippen molar-refractivity contribution in [2.75, 3.05) is 6.61 Å². The van der Waals surface area contributed by atoms with Gasteiger partial charge in [-0.2, -0.15) is 0 Å². The van der Waals surface area contributed by atoms with Crippen molar-refractivity contribution in [3.05, 3.63) is 36.4 Å². The number of allylic oxidation sites excluding steroid dienone is 2. The monoisotopic (exact) mass is 511 g/mol. The molecule has 2 heterocycles. The Balaban J connectivity index is 1.61. The van der Waals surface area contributed by atoms with Gasteiger partial charge < -0.3 is 10.1 Å². The standard InChI is InChI=1S/C31H53N3OSi/c1-5-7-9-10-15-21-35-30-20-19-28(22-33-30)29-23-32-24-31(34-29)36-25-27(4)18-14-11-13-17-26(3)16-12-8-6-2/h19-20,22-24,26-27,30,33H,5-18,21,25H2,1-4H3. The van der Waals surface area contributed by atoms with Gasteiger partial charge in [0.2, 0.25) is 0 Å². The van der Waals surface area contributed by atoms with Crippen LogP contribution in [-0.4, -0.2) is 32.3 Å². The second-order valence-corrected chi connectivity index (χ2v) is 12.1. The Bertz CT molecular complexity index is 751. The quantitative estimate of drug-likeness (QED) is 0.135. The molecule has 4 nitrogen and oxygen atoms in total. The number of ether oxygens (including phenoxy) is 1. The summed E-state index contributed by atoms with van der Waals surface area (Å²) in [4.78, 5) is 9.39. The van der Waals surface area contributed by atoms with Crippen molar-refractivity contribution in [3.63, 3.8) is 0 Å². The molecule has 1 N–H and O–H groups in total. The van der Waals surface area contributed by atoms with Gasteiger partial charge in [0, 0.05) is 29.9 Å². The summed E-state index contributed by atoms with van der Waals surface area (Å²) in [5.74, 6) is 1.66. The molecule has 1 aromatic heterocycles. The predicted octanol–water partition coefficient (Wildman–Crippen LogP) is 7.84. The minimum Gasteiger partial charge on any atom is -0.362 e. The normalized spacial score (nSPS) is 17.0. The summed E-state index contributed by atoms with van der Waals surface area (Å²) in [6.07, 6.45) is 28.8. The van der Waals surface area contributed by atoms with Gasteiger partial charge in [0.25, 0.3) is 0 Å². The Morgan fingerprint density at radius 2 is 1.53 bits per heavy atom. The molecule has 0 aliphatic carbocycles. The zero-order chi connectivity index (χ0) is 25.8. The van der Waals surface area contributed by atoms with Gasteiger partial charge in [-0.1, -0.05) is 123 Å².